The summed E-state index contributed by atoms with van der Waals surface area (Å²) in [6.07, 6.45) is 17.1. The second kappa shape index (κ2) is 14.6. The molecular weight excluding hydrogens is 446 g/mol. The van der Waals surface area contributed by atoms with E-state index in [1.54, 1.807) is 0 Å². The lowest BCUT2D eigenvalue weighted by Gasteiger charge is -2.44. The maximum atomic E-state index is 6.37. The molecule has 1 unspecified atom stereocenters. The fourth-order valence-corrected chi connectivity index (χ4v) is 6.84. The second-order valence-corrected chi connectivity index (χ2v) is 18.3. The summed E-state index contributed by atoms with van der Waals surface area (Å²) in [6.45, 7) is 36.7. The summed E-state index contributed by atoms with van der Waals surface area (Å²) in [5.74, 6) is 1.54. The van der Waals surface area contributed by atoms with E-state index in [0.717, 1.165) is 18.3 Å². The van der Waals surface area contributed by atoms with E-state index in [0.29, 0.717) is 27.1 Å². The maximum absolute atomic E-state index is 6.37. The van der Waals surface area contributed by atoms with E-state index in [2.05, 4.69) is 104 Å². The standard InChI is InChI=1S/C36H75N/c1-16-31(4,5)20-17-22-33(8,9)27-30(35(12,13)24-19-25-36(14,15)37)28-34(10,11)23-18-21-32(6,7)26-29(2)3/h29-30H,16-28,37H2,1-15H3. The molecule has 1 heteroatoms. The molecule has 0 saturated carbocycles. The van der Waals surface area contributed by atoms with Gasteiger partial charge in [0.2, 0.25) is 0 Å². The van der Waals surface area contributed by atoms with Gasteiger partial charge in [-0.2, -0.15) is 0 Å². The van der Waals surface area contributed by atoms with E-state index < -0.39 is 0 Å². The van der Waals surface area contributed by atoms with Gasteiger partial charge in [0.25, 0.3) is 0 Å². The fraction of sp³-hybridized carbons (Fsp3) is 1.00. The van der Waals surface area contributed by atoms with E-state index >= 15 is 0 Å². The van der Waals surface area contributed by atoms with Crippen molar-refractivity contribution in [3.8, 4) is 0 Å². The minimum Gasteiger partial charge on any atom is -0.326 e. The van der Waals surface area contributed by atoms with Crippen LogP contribution in [0.4, 0.5) is 0 Å². The van der Waals surface area contributed by atoms with Crippen LogP contribution < -0.4 is 5.73 Å². The average Bonchev–Trinajstić information content (AvgIpc) is 2.64. The Bertz CT molecular complexity index is 611. The van der Waals surface area contributed by atoms with Crippen LogP contribution in [0.1, 0.15) is 187 Å². The van der Waals surface area contributed by atoms with Gasteiger partial charge in [0.1, 0.15) is 0 Å². The Morgan fingerprint density at radius 1 is 0.486 bits per heavy atom. The van der Waals surface area contributed by atoms with Crippen LogP contribution in [0.15, 0.2) is 0 Å². The van der Waals surface area contributed by atoms with Crippen molar-refractivity contribution in [3.05, 3.63) is 0 Å². The van der Waals surface area contributed by atoms with Crippen LogP contribution in [0.2, 0.25) is 0 Å². The molecule has 0 aliphatic carbocycles. The van der Waals surface area contributed by atoms with Crippen molar-refractivity contribution in [2.45, 2.75) is 193 Å². The fourth-order valence-electron chi connectivity index (χ4n) is 6.84. The first-order valence-electron chi connectivity index (χ1n) is 16.2. The van der Waals surface area contributed by atoms with Crippen LogP contribution in [0.5, 0.6) is 0 Å². The van der Waals surface area contributed by atoms with Crippen molar-refractivity contribution < 1.29 is 0 Å². The van der Waals surface area contributed by atoms with Gasteiger partial charge in [0, 0.05) is 5.54 Å². The Hall–Kier alpha value is -0.0400. The zero-order valence-corrected chi connectivity index (χ0v) is 28.9. The van der Waals surface area contributed by atoms with Gasteiger partial charge in [-0.15, -0.1) is 0 Å². The largest absolute Gasteiger partial charge is 0.326 e. The van der Waals surface area contributed by atoms with Crippen molar-refractivity contribution in [3.63, 3.8) is 0 Å². The molecule has 0 radical (unpaired) electrons. The third-order valence-corrected chi connectivity index (χ3v) is 9.68. The smallest absolute Gasteiger partial charge is 0.00970 e. The molecule has 1 atom stereocenters. The van der Waals surface area contributed by atoms with Gasteiger partial charge in [-0.1, -0.05) is 116 Å². The predicted octanol–water partition coefficient (Wildman–Crippen LogP) is 12.2. The van der Waals surface area contributed by atoms with E-state index in [9.17, 15) is 0 Å². The molecule has 0 spiro atoms. The first kappa shape index (κ1) is 37.0. The summed E-state index contributed by atoms with van der Waals surface area (Å²) < 4.78 is 0. The molecule has 0 aromatic rings. The maximum Gasteiger partial charge on any atom is 0.00970 e. The molecule has 2 N–H and O–H groups in total. The molecular formula is C36H75N. The van der Waals surface area contributed by atoms with Gasteiger partial charge in [-0.25, -0.2) is 0 Å². The molecule has 0 amide bonds. The van der Waals surface area contributed by atoms with Gasteiger partial charge >= 0.3 is 0 Å². The van der Waals surface area contributed by atoms with Crippen LogP contribution in [-0.4, -0.2) is 5.54 Å². The summed E-state index contributed by atoms with van der Waals surface area (Å²) in [6, 6.07) is 0. The Labute approximate surface area is 237 Å². The Balaban J connectivity index is 5.47. The zero-order valence-electron chi connectivity index (χ0n) is 28.9. The number of nitrogens with two attached hydrogens (primary N) is 1. The highest BCUT2D eigenvalue weighted by Gasteiger charge is 2.38. The highest BCUT2D eigenvalue weighted by Crippen LogP contribution is 2.48. The van der Waals surface area contributed by atoms with E-state index in [1.165, 1.54) is 77.0 Å². The summed E-state index contributed by atoms with van der Waals surface area (Å²) in [4.78, 5) is 0. The van der Waals surface area contributed by atoms with E-state index in [4.69, 9.17) is 5.73 Å². The van der Waals surface area contributed by atoms with Gasteiger partial charge in [-0.3, -0.25) is 0 Å². The highest BCUT2D eigenvalue weighted by molar-refractivity contribution is 4.89. The topological polar surface area (TPSA) is 26.0 Å². The van der Waals surface area contributed by atoms with Crippen molar-refractivity contribution >= 4 is 0 Å². The number of hydrogen-bond acceptors (Lipinski definition) is 1. The van der Waals surface area contributed by atoms with E-state index in [1.807, 2.05) is 0 Å². The minimum atomic E-state index is -0.0566. The molecule has 0 fully saturated rings. The quantitative estimate of drug-likeness (QED) is 0.169. The Kier molecular flexibility index (Phi) is 14.5. The van der Waals surface area contributed by atoms with E-state index in [-0.39, 0.29) is 5.54 Å². The molecule has 0 aliphatic heterocycles. The predicted molar refractivity (Wildman–Crippen MR) is 171 cm³/mol. The van der Waals surface area contributed by atoms with Crippen molar-refractivity contribution in [2.75, 3.05) is 0 Å². The lowest BCUT2D eigenvalue weighted by molar-refractivity contribution is 0.0682. The van der Waals surface area contributed by atoms with Gasteiger partial charge in [0.15, 0.2) is 0 Å². The Morgan fingerprint density at radius 3 is 1.19 bits per heavy atom. The summed E-state index contributed by atoms with van der Waals surface area (Å²) in [7, 11) is 0. The van der Waals surface area contributed by atoms with Crippen LogP contribution in [0.25, 0.3) is 0 Å². The van der Waals surface area contributed by atoms with Gasteiger partial charge in [-0.05, 0) is 111 Å². The lowest BCUT2D eigenvalue weighted by atomic mass is 9.61. The lowest BCUT2D eigenvalue weighted by Crippen LogP contribution is -2.35. The molecule has 1 nitrogen and oxygen atoms in total. The summed E-state index contributed by atoms with van der Waals surface area (Å²) >= 11 is 0. The third-order valence-electron chi connectivity index (χ3n) is 9.68. The summed E-state index contributed by atoms with van der Waals surface area (Å²) in [5.41, 5.74) is 8.39. The monoisotopic (exact) mass is 522 g/mol. The molecule has 0 heterocycles. The first-order chi connectivity index (χ1) is 16.4. The highest BCUT2D eigenvalue weighted by atomic mass is 14.7. The summed E-state index contributed by atoms with van der Waals surface area (Å²) in [5, 5.41) is 0. The minimum absolute atomic E-state index is 0.0566. The molecule has 0 saturated heterocycles. The van der Waals surface area contributed by atoms with Crippen LogP contribution in [-0.2, 0) is 0 Å². The second-order valence-electron chi connectivity index (χ2n) is 18.3. The normalized spacial score (nSPS) is 15.5. The van der Waals surface area contributed by atoms with Crippen molar-refractivity contribution in [1.29, 1.82) is 0 Å². The molecule has 0 rings (SSSR count). The average molecular weight is 522 g/mol. The Morgan fingerprint density at radius 2 is 0.838 bits per heavy atom. The van der Waals surface area contributed by atoms with Crippen LogP contribution >= 0.6 is 0 Å². The third kappa shape index (κ3) is 18.0. The molecule has 0 aromatic carbocycles. The van der Waals surface area contributed by atoms with Gasteiger partial charge in [0.05, 0.1) is 0 Å². The molecule has 37 heavy (non-hydrogen) atoms. The van der Waals surface area contributed by atoms with Crippen molar-refractivity contribution in [2.24, 2.45) is 44.6 Å². The molecule has 0 bridgehead atoms. The van der Waals surface area contributed by atoms with Crippen LogP contribution in [0, 0.1) is 38.9 Å². The molecule has 224 valence electrons. The first-order valence-corrected chi connectivity index (χ1v) is 16.2. The zero-order chi connectivity index (χ0) is 29.3. The van der Waals surface area contributed by atoms with Crippen molar-refractivity contribution in [1.82, 2.24) is 0 Å². The molecule has 0 aliphatic rings. The molecule has 0 aromatic heterocycles. The van der Waals surface area contributed by atoms with Gasteiger partial charge < -0.3 is 5.73 Å². The number of rotatable bonds is 20. The SMILES string of the molecule is CCC(C)(C)CCCC(C)(C)CC(CC(C)(C)CCCC(C)(C)CC(C)C)C(C)(C)CCCC(C)(C)N. The van der Waals surface area contributed by atoms with Crippen LogP contribution in [0.3, 0.4) is 0 Å². The number of hydrogen-bond donors (Lipinski definition) is 1.